The molecule has 0 N–H and O–H groups in total. The molecule has 0 radical (unpaired) electrons. The number of aryl methyl sites for hydroxylation is 2. The summed E-state index contributed by atoms with van der Waals surface area (Å²) in [6, 6.07) is 19.9. The SMILES string of the molecule is Cc1ccc(-c2oc3cc(C)ccc3c(=O)c2OC(=O)c2ccccc2I)cc1. The zero-order valence-electron chi connectivity index (χ0n) is 15.9. The Bertz CT molecular complexity index is 1290. The maximum atomic E-state index is 13.2. The van der Waals surface area contributed by atoms with Crippen LogP contribution >= 0.6 is 22.6 Å². The summed E-state index contributed by atoms with van der Waals surface area (Å²) in [4.78, 5) is 26.0. The number of esters is 1. The summed E-state index contributed by atoms with van der Waals surface area (Å²) in [5, 5.41) is 0.372. The Morgan fingerprint density at radius 2 is 1.62 bits per heavy atom. The molecule has 4 rings (SSSR count). The van der Waals surface area contributed by atoms with Crippen molar-refractivity contribution < 1.29 is 13.9 Å². The highest BCUT2D eigenvalue weighted by molar-refractivity contribution is 14.1. The van der Waals surface area contributed by atoms with Gasteiger partial charge in [0, 0.05) is 9.13 Å². The first-order valence-electron chi connectivity index (χ1n) is 9.05. The van der Waals surface area contributed by atoms with Crippen LogP contribution in [0.25, 0.3) is 22.3 Å². The van der Waals surface area contributed by atoms with E-state index >= 15 is 0 Å². The van der Waals surface area contributed by atoms with E-state index in [0.717, 1.165) is 14.7 Å². The van der Waals surface area contributed by atoms with Gasteiger partial charge >= 0.3 is 5.97 Å². The van der Waals surface area contributed by atoms with Crippen LogP contribution in [-0.4, -0.2) is 5.97 Å². The number of carbonyl (C=O) groups is 1. The van der Waals surface area contributed by atoms with E-state index in [1.54, 1.807) is 24.3 Å². The van der Waals surface area contributed by atoms with Gasteiger partial charge in [0.05, 0.1) is 10.9 Å². The monoisotopic (exact) mass is 496 g/mol. The van der Waals surface area contributed by atoms with E-state index in [1.165, 1.54) is 0 Å². The first kappa shape index (κ1) is 19.4. The lowest BCUT2D eigenvalue weighted by molar-refractivity contribution is 0.0730. The van der Waals surface area contributed by atoms with Crippen molar-refractivity contribution in [1.82, 2.24) is 0 Å². The molecule has 29 heavy (non-hydrogen) atoms. The Morgan fingerprint density at radius 1 is 0.931 bits per heavy atom. The van der Waals surface area contributed by atoms with Gasteiger partial charge in [-0.05, 0) is 66.3 Å². The predicted octanol–water partition coefficient (Wildman–Crippen LogP) is 5.90. The number of carbonyl (C=O) groups excluding carboxylic acids is 1. The minimum atomic E-state index is -0.595. The van der Waals surface area contributed by atoms with Crippen LogP contribution in [0.2, 0.25) is 0 Å². The quantitative estimate of drug-likeness (QED) is 0.262. The zero-order chi connectivity index (χ0) is 20.5. The molecule has 0 atom stereocenters. The highest BCUT2D eigenvalue weighted by atomic mass is 127. The molecule has 0 unspecified atom stereocenters. The first-order chi connectivity index (χ1) is 13.9. The van der Waals surface area contributed by atoms with Gasteiger partial charge < -0.3 is 9.15 Å². The summed E-state index contributed by atoms with van der Waals surface area (Å²) in [6.07, 6.45) is 0. The van der Waals surface area contributed by atoms with E-state index in [9.17, 15) is 9.59 Å². The van der Waals surface area contributed by atoms with Gasteiger partial charge in [-0.15, -0.1) is 0 Å². The van der Waals surface area contributed by atoms with Gasteiger partial charge in [-0.25, -0.2) is 4.79 Å². The normalized spacial score (nSPS) is 10.9. The fourth-order valence-corrected chi connectivity index (χ4v) is 3.65. The Hall–Kier alpha value is -2.93. The van der Waals surface area contributed by atoms with Crippen LogP contribution < -0.4 is 10.2 Å². The fourth-order valence-electron chi connectivity index (χ4n) is 3.05. The van der Waals surface area contributed by atoms with Crippen LogP contribution in [0.15, 0.2) is 75.9 Å². The molecule has 0 spiro atoms. The molecule has 0 aliphatic carbocycles. The van der Waals surface area contributed by atoms with Gasteiger partial charge in [-0.2, -0.15) is 0 Å². The van der Waals surface area contributed by atoms with Crippen molar-refractivity contribution in [2.75, 3.05) is 0 Å². The minimum Gasteiger partial charge on any atom is -0.452 e. The van der Waals surface area contributed by atoms with Gasteiger partial charge in [0.1, 0.15) is 5.58 Å². The smallest absolute Gasteiger partial charge is 0.344 e. The molecule has 1 heterocycles. The van der Waals surface area contributed by atoms with E-state index in [2.05, 4.69) is 22.6 Å². The molecule has 0 aliphatic rings. The van der Waals surface area contributed by atoms with Crippen molar-refractivity contribution in [3.8, 4) is 17.1 Å². The number of rotatable bonds is 3. The van der Waals surface area contributed by atoms with E-state index in [1.807, 2.05) is 56.3 Å². The Balaban J connectivity index is 1.92. The van der Waals surface area contributed by atoms with Crippen LogP contribution in [-0.2, 0) is 0 Å². The largest absolute Gasteiger partial charge is 0.452 e. The zero-order valence-corrected chi connectivity index (χ0v) is 18.0. The van der Waals surface area contributed by atoms with Crippen LogP contribution in [0, 0.1) is 17.4 Å². The molecule has 0 saturated carbocycles. The van der Waals surface area contributed by atoms with Crippen molar-refractivity contribution >= 4 is 39.5 Å². The summed E-state index contributed by atoms with van der Waals surface area (Å²) >= 11 is 2.07. The number of hydrogen-bond donors (Lipinski definition) is 0. The van der Waals surface area contributed by atoms with Gasteiger partial charge in [-0.3, -0.25) is 4.79 Å². The van der Waals surface area contributed by atoms with Crippen molar-refractivity contribution in [1.29, 1.82) is 0 Å². The molecule has 0 amide bonds. The second kappa shape index (κ2) is 7.83. The molecule has 5 heteroatoms. The molecular formula is C24H17IO4. The molecular weight excluding hydrogens is 479 g/mol. The van der Waals surface area contributed by atoms with Gasteiger partial charge in [0.15, 0.2) is 5.76 Å². The molecule has 0 saturated heterocycles. The third-order valence-electron chi connectivity index (χ3n) is 4.61. The van der Waals surface area contributed by atoms with Crippen molar-refractivity contribution in [3.05, 3.63) is 97.2 Å². The van der Waals surface area contributed by atoms with E-state index in [4.69, 9.17) is 9.15 Å². The molecule has 1 aromatic heterocycles. The summed E-state index contributed by atoms with van der Waals surface area (Å²) in [5.74, 6) is -0.454. The van der Waals surface area contributed by atoms with Crippen molar-refractivity contribution in [2.24, 2.45) is 0 Å². The molecule has 4 aromatic rings. The molecule has 0 fully saturated rings. The summed E-state index contributed by atoms with van der Waals surface area (Å²) in [7, 11) is 0. The van der Waals surface area contributed by atoms with Gasteiger partial charge in [-0.1, -0.05) is 48.0 Å². The molecule has 144 valence electrons. The van der Waals surface area contributed by atoms with Crippen LogP contribution in [0.5, 0.6) is 5.75 Å². The average molecular weight is 496 g/mol. The first-order valence-corrected chi connectivity index (χ1v) is 10.1. The summed E-state index contributed by atoms with van der Waals surface area (Å²) < 4.78 is 12.4. The van der Waals surface area contributed by atoms with Crippen LogP contribution in [0.4, 0.5) is 0 Å². The Labute approximate surface area is 181 Å². The van der Waals surface area contributed by atoms with Crippen molar-refractivity contribution in [3.63, 3.8) is 0 Å². The minimum absolute atomic E-state index is 0.102. The number of benzene rings is 3. The maximum Gasteiger partial charge on any atom is 0.344 e. The second-order valence-corrected chi connectivity index (χ2v) is 7.99. The third kappa shape index (κ3) is 3.82. The average Bonchev–Trinajstić information content (AvgIpc) is 2.70. The summed E-state index contributed by atoms with van der Waals surface area (Å²) in [6.45, 7) is 3.90. The second-order valence-electron chi connectivity index (χ2n) is 6.82. The fraction of sp³-hybridized carbons (Fsp3) is 0.0833. The third-order valence-corrected chi connectivity index (χ3v) is 5.55. The van der Waals surface area contributed by atoms with Gasteiger partial charge in [0.25, 0.3) is 0 Å². The standard InChI is InChI=1S/C24H17IO4/c1-14-7-10-16(11-8-14)22-23(29-24(27)17-5-3-4-6-19(17)25)21(26)18-12-9-15(2)13-20(18)28-22/h3-13H,1-2H3. The number of halogens is 1. The number of fused-ring (bicyclic) bond motifs is 1. The highest BCUT2D eigenvalue weighted by Crippen LogP contribution is 2.32. The molecule has 3 aromatic carbocycles. The van der Waals surface area contributed by atoms with E-state index in [0.29, 0.717) is 22.1 Å². The molecule has 0 bridgehead atoms. The summed E-state index contributed by atoms with van der Waals surface area (Å²) in [5.41, 5.74) is 3.19. The van der Waals surface area contributed by atoms with Gasteiger partial charge in [0.2, 0.25) is 11.2 Å². The van der Waals surface area contributed by atoms with E-state index < -0.39 is 5.97 Å². The van der Waals surface area contributed by atoms with Crippen LogP contribution in [0.1, 0.15) is 21.5 Å². The highest BCUT2D eigenvalue weighted by Gasteiger charge is 2.22. The lowest BCUT2D eigenvalue weighted by atomic mass is 10.1. The number of hydrogen-bond acceptors (Lipinski definition) is 4. The van der Waals surface area contributed by atoms with E-state index in [-0.39, 0.29) is 16.9 Å². The Morgan fingerprint density at radius 3 is 2.34 bits per heavy atom. The lowest BCUT2D eigenvalue weighted by Gasteiger charge is -2.12. The number of ether oxygens (including phenoxy) is 1. The van der Waals surface area contributed by atoms with Crippen LogP contribution in [0.3, 0.4) is 0 Å². The Kier molecular flexibility index (Phi) is 5.24. The predicted molar refractivity (Wildman–Crippen MR) is 122 cm³/mol. The topological polar surface area (TPSA) is 56.5 Å². The van der Waals surface area contributed by atoms with Crippen molar-refractivity contribution in [2.45, 2.75) is 13.8 Å². The molecule has 0 aliphatic heterocycles. The lowest BCUT2D eigenvalue weighted by Crippen LogP contribution is -2.17. The molecule has 4 nitrogen and oxygen atoms in total. The maximum absolute atomic E-state index is 13.2.